The Balaban J connectivity index is 0.000000419. The molecule has 262 valence electrons. The van der Waals surface area contributed by atoms with Gasteiger partial charge in [0.2, 0.25) is 5.91 Å². The number of nitrogens with zero attached hydrogens (tertiary/aromatic N) is 1. The number of phenolic OH excluding ortho intramolecular Hbond substituents is 1. The Bertz CT molecular complexity index is 1580. The fourth-order valence-electron chi connectivity index (χ4n) is 5.57. The van der Waals surface area contributed by atoms with E-state index in [1.54, 1.807) is 23.6 Å². The van der Waals surface area contributed by atoms with Crippen molar-refractivity contribution in [3.05, 3.63) is 113 Å². The molecule has 0 spiro atoms. The molecule has 0 saturated carbocycles. The second kappa shape index (κ2) is 21.0. The van der Waals surface area contributed by atoms with Gasteiger partial charge in [0.05, 0.1) is 5.69 Å². The van der Waals surface area contributed by atoms with Crippen molar-refractivity contribution in [2.75, 3.05) is 18.4 Å². The highest BCUT2D eigenvalue weighted by atomic mass is 32.1. The molecule has 3 aromatic carbocycles. The summed E-state index contributed by atoms with van der Waals surface area (Å²) in [5.74, 6) is -0.00836. The van der Waals surface area contributed by atoms with E-state index in [0.29, 0.717) is 35.3 Å². The van der Waals surface area contributed by atoms with Gasteiger partial charge < -0.3 is 26.4 Å². The highest BCUT2D eigenvalue weighted by Crippen LogP contribution is 2.30. The number of allylic oxidation sites excluding steroid dienone is 2. The van der Waals surface area contributed by atoms with Crippen molar-refractivity contribution in [3.63, 3.8) is 0 Å². The van der Waals surface area contributed by atoms with Crippen molar-refractivity contribution in [3.8, 4) is 16.9 Å². The maximum atomic E-state index is 13.1. The third kappa shape index (κ3) is 12.6. The van der Waals surface area contributed by atoms with Gasteiger partial charge in [0.15, 0.2) is 0 Å². The summed E-state index contributed by atoms with van der Waals surface area (Å²) < 4.78 is 0. The van der Waals surface area contributed by atoms with Crippen LogP contribution in [0.5, 0.6) is 5.75 Å². The lowest BCUT2D eigenvalue weighted by Crippen LogP contribution is -2.42. The summed E-state index contributed by atoms with van der Waals surface area (Å²) in [5.41, 5.74) is 11.9. The van der Waals surface area contributed by atoms with Crippen LogP contribution in [0.4, 0.5) is 5.69 Å². The second-order valence-corrected chi connectivity index (χ2v) is 12.8. The predicted molar refractivity (Wildman–Crippen MR) is 208 cm³/mol. The van der Waals surface area contributed by atoms with E-state index < -0.39 is 0 Å². The number of hydrogen-bond acceptors (Lipinski definition) is 6. The smallest absolute Gasteiger partial charge is 0.256 e. The van der Waals surface area contributed by atoms with Gasteiger partial charge >= 0.3 is 0 Å². The Hall–Kier alpha value is -4.27. The van der Waals surface area contributed by atoms with E-state index >= 15 is 0 Å². The van der Waals surface area contributed by atoms with Crippen LogP contribution in [0.1, 0.15) is 94.5 Å². The number of hydrogen-bond donors (Lipinski definition) is 5. The van der Waals surface area contributed by atoms with Crippen LogP contribution in [0.2, 0.25) is 0 Å². The van der Waals surface area contributed by atoms with Crippen molar-refractivity contribution in [1.82, 2.24) is 10.2 Å². The minimum absolute atomic E-state index is 0.0315. The standard InChI is InChI=1S/C31H34N2O2S.C10H20N2O/c1-4-5-7-12-22(2)28(19-20-36)32-23(3)25-17-18-29(30(34)21-25)33-31(35)27-16-11-10-15-26(27)24-13-8-6-9-14-24;1-2-3-4-10(13)12-7-5-9(11)6-8-12/h6,8-11,13-21,32,34,36H,3-5,7,12H2,1-2H3,(H,33,35);9H,2-8,11H2,1H3/b20-19-,28-22-;. The van der Waals surface area contributed by atoms with E-state index in [4.69, 9.17) is 5.73 Å². The highest BCUT2D eigenvalue weighted by molar-refractivity contribution is 7.83. The van der Waals surface area contributed by atoms with Crippen molar-refractivity contribution in [2.24, 2.45) is 5.73 Å². The summed E-state index contributed by atoms with van der Waals surface area (Å²) in [6.45, 7) is 12.3. The predicted octanol–water partition coefficient (Wildman–Crippen LogP) is 9.30. The summed E-state index contributed by atoms with van der Waals surface area (Å²) in [7, 11) is 0. The Kier molecular flexibility index (Phi) is 16.8. The van der Waals surface area contributed by atoms with Gasteiger partial charge in [0, 0.05) is 48.1 Å². The molecule has 7 nitrogen and oxygen atoms in total. The van der Waals surface area contributed by atoms with Gasteiger partial charge in [-0.1, -0.05) is 94.3 Å². The number of benzene rings is 3. The molecule has 1 fully saturated rings. The first kappa shape index (κ1) is 39.2. The van der Waals surface area contributed by atoms with Gasteiger partial charge in [0.1, 0.15) is 5.75 Å². The summed E-state index contributed by atoms with van der Waals surface area (Å²) in [4.78, 5) is 26.6. The first-order valence-corrected chi connectivity index (χ1v) is 18.0. The number of aromatic hydroxyl groups is 1. The van der Waals surface area contributed by atoms with Gasteiger partial charge in [0.25, 0.3) is 5.91 Å². The number of carbonyl (C=O) groups excluding carboxylic acids is 2. The molecule has 0 radical (unpaired) electrons. The molecule has 2 amide bonds. The van der Waals surface area contributed by atoms with Crippen LogP contribution in [-0.2, 0) is 4.79 Å². The molecule has 49 heavy (non-hydrogen) atoms. The summed E-state index contributed by atoms with van der Waals surface area (Å²) in [5, 5.41) is 18.6. The number of piperidine rings is 1. The number of nitrogens with two attached hydrogens (primary N) is 1. The van der Waals surface area contributed by atoms with E-state index in [2.05, 4.69) is 50.6 Å². The third-order valence-corrected chi connectivity index (χ3v) is 8.78. The molecular formula is C41H54N4O3S. The zero-order valence-corrected chi connectivity index (χ0v) is 30.3. The average Bonchev–Trinajstić information content (AvgIpc) is 3.12. The van der Waals surface area contributed by atoms with Crippen molar-refractivity contribution < 1.29 is 14.7 Å². The number of nitrogens with one attached hydrogen (secondary N) is 2. The van der Waals surface area contributed by atoms with E-state index in [1.807, 2.05) is 65.6 Å². The summed E-state index contributed by atoms with van der Waals surface area (Å²) in [6.07, 6.45) is 11.2. The molecule has 1 aliphatic heterocycles. The molecule has 1 heterocycles. The largest absolute Gasteiger partial charge is 0.506 e. The Labute approximate surface area is 298 Å². The molecule has 0 aliphatic carbocycles. The van der Waals surface area contributed by atoms with E-state index in [0.717, 1.165) is 74.0 Å². The molecule has 0 atom stereocenters. The number of rotatable bonds is 14. The van der Waals surface area contributed by atoms with Crippen LogP contribution in [0.3, 0.4) is 0 Å². The lowest BCUT2D eigenvalue weighted by Gasteiger charge is -2.30. The molecule has 8 heteroatoms. The molecule has 3 aromatic rings. The minimum Gasteiger partial charge on any atom is -0.506 e. The monoisotopic (exact) mass is 682 g/mol. The maximum Gasteiger partial charge on any atom is 0.256 e. The van der Waals surface area contributed by atoms with Gasteiger partial charge in [-0.15, -0.1) is 0 Å². The molecule has 1 saturated heterocycles. The molecule has 1 aliphatic rings. The van der Waals surface area contributed by atoms with Crippen molar-refractivity contribution in [1.29, 1.82) is 0 Å². The maximum absolute atomic E-state index is 13.1. The van der Waals surface area contributed by atoms with Crippen LogP contribution >= 0.6 is 12.6 Å². The van der Waals surface area contributed by atoms with Gasteiger partial charge in [-0.3, -0.25) is 9.59 Å². The first-order chi connectivity index (χ1) is 23.7. The lowest BCUT2D eigenvalue weighted by atomic mass is 9.99. The molecular weight excluding hydrogens is 629 g/mol. The normalized spacial score (nSPS) is 13.7. The van der Waals surface area contributed by atoms with Crippen LogP contribution < -0.4 is 16.4 Å². The minimum atomic E-state index is -0.290. The molecule has 4 rings (SSSR count). The number of likely N-dealkylation sites (tertiary alicyclic amines) is 1. The van der Waals surface area contributed by atoms with E-state index in [-0.39, 0.29) is 11.7 Å². The number of phenols is 1. The van der Waals surface area contributed by atoms with Gasteiger partial charge in [-0.2, -0.15) is 12.6 Å². The summed E-state index contributed by atoms with van der Waals surface area (Å²) in [6, 6.07) is 22.6. The number of thiol groups is 1. The zero-order chi connectivity index (χ0) is 35.6. The van der Waals surface area contributed by atoms with E-state index in [9.17, 15) is 14.7 Å². The van der Waals surface area contributed by atoms with Crippen molar-refractivity contribution in [2.45, 2.75) is 84.6 Å². The Morgan fingerprint density at radius 1 is 0.959 bits per heavy atom. The molecule has 0 unspecified atom stereocenters. The first-order valence-electron chi connectivity index (χ1n) is 17.5. The average molecular weight is 683 g/mol. The highest BCUT2D eigenvalue weighted by Gasteiger charge is 2.19. The van der Waals surface area contributed by atoms with Gasteiger partial charge in [-0.05, 0) is 85.4 Å². The van der Waals surface area contributed by atoms with Crippen LogP contribution in [0, 0.1) is 0 Å². The molecule has 0 aromatic heterocycles. The lowest BCUT2D eigenvalue weighted by molar-refractivity contribution is -0.132. The number of amides is 2. The second-order valence-electron chi connectivity index (χ2n) is 12.5. The van der Waals surface area contributed by atoms with Crippen LogP contribution in [0.25, 0.3) is 16.8 Å². The molecule has 0 bridgehead atoms. The summed E-state index contributed by atoms with van der Waals surface area (Å²) >= 11 is 4.23. The quantitative estimate of drug-likeness (QED) is 0.0504. The molecule has 5 N–H and O–H groups in total. The number of carbonyl (C=O) groups is 2. The zero-order valence-electron chi connectivity index (χ0n) is 29.4. The topological polar surface area (TPSA) is 108 Å². The SMILES string of the molecule is C=C(NC(/C=C\S)=C(/C)CCCCC)c1ccc(NC(=O)c2ccccc2-c2ccccc2)c(O)c1.CCCCC(=O)N1CCC(N)CC1. The fourth-order valence-corrected chi connectivity index (χ4v) is 5.72. The van der Waals surface area contributed by atoms with Crippen LogP contribution in [0.15, 0.2) is 102 Å². The Morgan fingerprint density at radius 2 is 1.63 bits per heavy atom. The number of anilines is 1. The fraction of sp³-hybridized carbons (Fsp3) is 0.366. The van der Waals surface area contributed by atoms with Crippen molar-refractivity contribution >= 4 is 35.8 Å². The third-order valence-electron chi connectivity index (χ3n) is 8.63. The van der Waals surface area contributed by atoms with E-state index in [1.165, 1.54) is 18.4 Å². The van der Waals surface area contributed by atoms with Crippen LogP contribution in [-0.4, -0.2) is 41.0 Å². The number of unbranched alkanes of at least 4 members (excludes halogenated alkanes) is 3. The van der Waals surface area contributed by atoms with Gasteiger partial charge in [-0.25, -0.2) is 0 Å². The Morgan fingerprint density at radius 3 is 2.29 bits per heavy atom.